The minimum atomic E-state index is -1.08. The molecule has 0 spiro atoms. The number of rotatable bonds is 10. The number of nitrogens with one attached hydrogen (secondary N) is 4. The van der Waals surface area contributed by atoms with Crippen LogP contribution in [0.4, 0.5) is 21.9 Å². The van der Waals surface area contributed by atoms with E-state index < -0.39 is 23.9 Å². The molecule has 4 rings (SSSR count). The topological polar surface area (TPSA) is 155 Å². The number of hydrogen-bond donors (Lipinski definition) is 5. The molecule has 0 saturated carbocycles. The van der Waals surface area contributed by atoms with Crippen LogP contribution >= 0.6 is 0 Å². The van der Waals surface area contributed by atoms with Crippen molar-refractivity contribution in [1.29, 1.82) is 0 Å². The van der Waals surface area contributed by atoms with Crippen LogP contribution in [0.3, 0.4) is 0 Å². The maximum absolute atomic E-state index is 12.5. The van der Waals surface area contributed by atoms with Gasteiger partial charge in [0.25, 0.3) is 0 Å². The Morgan fingerprint density at radius 3 is 2.03 bits per heavy atom. The van der Waals surface area contributed by atoms with Gasteiger partial charge < -0.3 is 35.8 Å². The number of benzene rings is 3. The third kappa shape index (κ3) is 7.47. The number of carbonyl (C=O) groups is 4. The van der Waals surface area contributed by atoms with Crippen LogP contribution in [0.15, 0.2) is 72.8 Å². The highest BCUT2D eigenvalue weighted by Gasteiger charge is 2.22. The fourth-order valence-electron chi connectivity index (χ4n) is 3.73. The summed E-state index contributed by atoms with van der Waals surface area (Å²) in [6.07, 6.45) is -0.570. The number of amides is 4. The standard InChI is InChI=1S/C27H26N4O7/c32-24(28-19-7-9-20(10-8-19)30-27(36)29-18-4-2-1-3-5-18)12-13-25(33)31-21(15-26(34)35)17-6-11-22-23(14-17)38-16-37-22/h1-11,14,21H,12-13,15-16H2,(H,28,32)(H,31,33)(H,34,35)(H2,29,30,36). The monoisotopic (exact) mass is 518 g/mol. The molecule has 1 unspecified atom stereocenters. The van der Waals surface area contributed by atoms with E-state index in [1.165, 1.54) is 0 Å². The molecular weight excluding hydrogens is 492 g/mol. The molecule has 4 amide bonds. The highest BCUT2D eigenvalue weighted by molar-refractivity contribution is 6.00. The zero-order chi connectivity index (χ0) is 26.9. The Bertz CT molecular complexity index is 1310. The van der Waals surface area contributed by atoms with E-state index in [0.717, 1.165) is 0 Å². The fraction of sp³-hybridized carbons (Fsp3) is 0.185. The molecule has 0 aromatic heterocycles. The first kappa shape index (κ1) is 26.0. The molecule has 1 atom stereocenters. The molecule has 11 nitrogen and oxygen atoms in total. The third-order valence-electron chi connectivity index (χ3n) is 5.55. The Balaban J connectivity index is 1.24. The van der Waals surface area contributed by atoms with Gasteiger partial charge in [0.15, 0.2) is 11.5 Å². The summed E-state index contributed by atoms with van der Waals surface area (Å²) in [7, 11) is 0. The Morgan fingerprint density at radius 1 is 0.737 bits per heavy atom. The third-order valence-corrected chi connectivity index (χ3v) is 5.55. The van der Waals surface area contributed by atoms with E-state index in [4.69, 9.17) is 9.47 Å². The first-order chi connectivity index (χ1) is 18.4. The number of carbonyl (C=O) groups excluding carboxylic acids is 3. The van der Waals surface area contributed by atoms with Crippen molar-refractivity contribution >= 4 is 40.9 Å². The molecule has 38 heavy (non-hydrogen) atoms. The van der Waals surface area contributed by atoms with Crippen LogP contribution in [0, 0.1) is 0 Å². The average molecular weight is 519 g/mol. The molecule has 1 aliphatic heterocycles. The number of aliphatic carboxylic acids is 1. The van der Waals surface area contributed by atoms with Crippen molar-refractivity contribution in [2.24, 2.45) is 0 Å². The summed E-state index contributed by atoms with van der Waals surface area (Å²) in [5, 5.41) is 20.0. The van der Waals surface area contributed by atoms with Gasteiger partial charge in [-0.15, -0.1) is 0 Å². The number of anilines is 3. The number of carboxylic acids is 1. The lowest BCUT2D eigenvalue weighted by Gasteiger charge is -2.18. The molecule has 3 aromatic rings. The zero-order valence-electron chi connectivity index (χ0n) is 20.2. The second-order valence-electron chi connectivity index (χ2n) is 8.40. The van der Waals surface area contributed by atoms with Gasteiger partial charge in [-0.1, -0.05) is 24.3 Å². The van der Waals surface area contributed by atoms with Gasteiger partial charge in [0.2, 0.25) is 18.6 Å². The summed E-state index contributed by atoms with van der Waals surface area (Å²) < 4.78 is 10.6. The fourth-order valence-corrected chi connectivity index (χ4v) is 3.73. The number of para-hydroxylation sites is 1. The Hall–Kier alpha value is -5.06. The second kappa shape index (κ2) is 12.3. The van der Waals surface area contributed by atoms with E-state index in [2.05, 4.69) is 21.3 Å². The molecule has 1 heterocycles. The van der Waals surface area contributed by atoms with Gasteiger partial charge in [-0.2, -0.15) is 0 Å². The van der Waals surface area contributed by atoms with Crippen molar-refractivity contribution < 1.29 is 33.8 Å². The molecule has 0 bridgehead atoms. The Morgan fingerprint density at radius 2 is 1.34 bits per heavy atom. The first-order valence-electron chi connectivity index (χ1n) is 11.8. The Labute approximate surface area is 218 Å². The van der Waals surface area contributed by atoms with Crippen molar-refractivity contribution in [3.8, 4) is 11.5 Å². The summed E-state index contributed by atoms with van der Waals surface area (Å²) in [6, 6.07) is 19.3. The predicted octanol–water partition coefficient (Wildman–Crippen LogP) is 4.11. The lowest BCUT2D eigenvalue weighted by molar-refractivity contribution is -0.138. The van der Waals surface area contributed by atoms with Gasteiger partial charge in [0.05, 0.1) is 12.5 Å². The summed E-state index contributed by atoms with van der Waals surface area (Å²) >= 11 is 0. The normalized spacial score (nSPS) is 12.2. The minimum Gasteiger partial charge on any atom is -0.481 e. The molecule has 0 fully saturated rings. The van der Waals surface area contributed by atoms with Crippen LogP contribution in [-0.4, -0.2) is 35.7 Å². The second-order valence-corrected chi connectivity index (χ2v) is 8.40. The highest BCUT2D eigenvalue weighted by Crippen LogP contribution is 2.34. The molecule has 11 heteroatoms. The minimum absolute atomic E-state index is 0.0761. The van der Waals surface area contributed by atoms with E-state index in [9.17, 15) is 24.3 Å². The number of ether oxygens (including phenoxy) is 2. The maximum atomic E-state index is 12.5. The van der Waals surface area contributed by atoms with Gasteiger partial charge in [-0.25, -0.2) is 4.79 Å². The largest absolute Gasteiger partial charge is 0.481 e. The van der Waals surface area contributed by atoms with Crippen molar-refractivity contribution in [2.45, 2.75) is 25.3 Å². The molecular formula is C27H26N4O7. The lowest BCUT2D eigenvalue weighted by atomic mass is 10.0. The molecule has 0 saturated heterocycles. The predicted molar refractivity (Wildman–Crippen MR) is 139 cm³/mol. The van der Waals surface area contributed by atoms with Crippen LogP contribution in [0.1, 0.15) is 30.9 Å². The number of urea groups is 1. The molecule has 1 aliphatic rings. The van der Waals surface area contributed by atoms with Crippen LogP contribution < -0.4 is 30.7 Å². The molecule has 0 aliphatic carbocycles. The van der Waals surface area contributed by atoms with Gasteiger partial charge in [-0.3, -0.25) is 14.4 Å². The van der Waals surface area contributed by atoms with Gasteiger partial charge in [0.1, 0.15) is 0 Å². The lowest BCUT2D eigenvalue weighted by Crippen LogP contribution is -2.30. The number of fused-ring (bicyclic) bond motifs is 1. The van der Waals surface area contributed by atoms with E-state index >= 15 is 0 Å². The van der Waals surface area contributed by atoms with E-state index in [-0.39, 0.29) is 32.0 Å². The quantitative estimate of drug-likeness (QED) is 0.270. The number of carboxylic acid groups (broad SMARTS) is 1. The van der Waals surface area contributed by atoms with Gasteiger partial charge in [0, 0.05) is 29.9 Å². The summed E-state index contributed by atoms with van der Waals surface area (Å²) in [6.45, 7) is 0.0761. The van der Waals surface area contributed by atoms with Crippen molar-refractivity contribution in [3.63, 3.8) is 0 Å². The molecule has 196 valence electrons. The van der Waals surface area contributed by atoms with Gasteiger partial charge in [-0.05, 0) is 54.1 Å². The molecule has 0 radical (unpaired) electrons. The summed E-state index contributed by atoms with van der Waals surface area (Å²) in [5.74, 6) is -0.913. The summed E-state index contributed by atoms with van der Waals surface area (Å²) in [5.41, 5.74) is 2.24. The average Bonchev–Trinajstić information content (AvgIpc) is 3.37. The Kier molecular flexibility index (Phi) is 8.39. The molecule has 5 N–H and O–H groups in total. The van der Waals surface area contributed by atoms with Crippen LogP contribution in [-0.2, 0) is 14.4 Å². The van der Waals surface area contributed by atoms with E-state index in [1.807, 2.05) is 18.2 Å². The van der Waals surface area contributed by atoms with Crippen LogP contribution in [0.2, 0.25) is 0 Å². The van der Waals surface area contributed by atoms with Gasteiger partial charge >= 0.3 is 12.0 Å². The maximum Gasteiger partial charge on any atom is 0.323 e. The van der Waals surface area contributed by atoms with E-state index in [1.54, 1.807) is 54.6 Å². The van der Waals surface area contributed by atoms with Crippen LogP contribution in [0.5, 0.6) is 11.5 Å². The van der Waals surface area contributed by atoms with Crippen LogP contribution in [0.25, 0.3) is 0 Å². The zero-order valence-corrected chi connectivity index (χ0v) is 20.2. The SMILES string of the molecule is O=C(O)CC(NC(=O)CCC(=O)Nc1ccc(NC(=O)Nc2ccccc2)cc1)c1ccc2c(c1)OCO2. The van der Waals surface area contributed by atoms with E-state index in [0.29, 0.717) is 34.1 Å². The molecule has 3 aromatic carbocycles. The highest BCUT2D eigenvalue weighted by atomic mass is 16.7. The van der Waals surface area contributed by atoms with Crippen molar-refractivity contribution in [2.75, 3.05) is 22.7 Å². The summed E-state index contributed by atoms with van der Waals surface area (Å²) in [4.78, 5) is 48.3. The van der Waals surface area contributed by atoms with Crippen molar-refractivity contribution in [3.05, 3.63) is 78.4 Å². The van der Waals surface area contributed by atoms with Crippen molar-refractivity contribution in [1.82, 2.24) is 5.32 Å². The smallest absolute Gasteiger partial charge is 0.323 e. The first-order valence-corrected chi connectivity index (χ1v) is 11.8. The number of hydrogen-bond acceptors (Lipinski definition) is 6.